The van der Waals surface area contributed by atoms with Crippen molar-refractivity contribution in [2.45, 2.75) is 58.3 Å². The number of rotatable bonds is 11. The maximum atomic E-state index is 11.2. The van der Waals surface area contributed by atoms with Gasteiger partial charge in [-0.25, -0.2) is 0 Å². The number of hydrogen-bond donors (Lipinski definition) is 0. The molecule has 3 heteroatoms. The van der Waals surface area contributed by atoms with E-state index in [1.54, 1.807) is 0 Å². The number of alkyl halides is 1. The van der Waals surface area contributed by atoms with Crippen molar-refractivity contribution in [1.82, 2.24) is 0 Å². The number of unbranched alkanes of at least 4 members (excludes halogenated alkanes) is 7. The van der Waals surface area contributed by atoms with E-state index in [2.05, 4.69) is 6.92 Å². The van der Waals surface area contributed by atoms with Crippen molar-refractivity contribution < 1.29 is 4.21 Å². The van der Waals surface area contributed by atoms with E-state index >= 15 is 0 Å². The average Bonchev–Trinajstić information content (AvgIpc) is 2.22. The molecule has 0 fully saturated rings. The third kappa shape index (κ3) is 12.4. The van der Waals surface area contributed by atoms with Crippen LogP contribution in [0.15, 0.2) is 0 Å². The molecule has 0 aliphatic carbocycles. The Morgan fingerprint density at radius 1 is 0.867 bits per heavy atom. The summed E-state index contributed by atoms with van der Waals surface area (Å²) in [6.45, 7) is 2.24. The van der Waals surface area contributed by atoms with Crippen molar-refractivity contribution in [1.29, 1.82) is 0 Å². The molecule has 0 saturated heterocycles. The van der Waals surface area contributed by atoms with Crippen LogP contribution in [0.5, 0.6) is 0 Å². The molecule has 1 atom stereocenters. The van der Waals surface area contributed by atoms with Crippen molar-refractivity contribution in [2.75, 3.05) is 17.4 Å². The molecule has 0 aromatic heterocycles. The lowest BCUT2D eigenvalue weighted by Gasteiger charge is -2.01. The summed E-state index contributed by atoms with van der Waals surface area (Å²) in [7, 11) is -0.662. The van der Waals surface area contributed by atoms with Gasteiger partial charge in [0.05, 0.1) is 0 Å². The first-order chi connectivity index (χ1) is 7.31. The highest BCUT2D eigenvalue weighted by atomic mass is 35.5. The van der Waals surface area contributed by atoms with E-state index in [0.717, 1.165) is 12.2 Å². The van der Waals surface area contributed by atoms with Gasteiger partial charge in [0.25, 0.3) is 0 Å². The lowest BCUT2D eigenvalue weighted by atomic mass is 10.1. The summed E-state index contributed by atoms with van der Waals surface area (Å²) in [5.41, 5.74) is 0. The zero-order valence-electron chi connectivity index (χ0n) is 9.97. The van der Waals surface area contributed by atoms with E-state index in [-0.39, 0.29) is 0 Å². The highest BCUT2D eigenvalue weighted by Crippen LogP contribution is 2.08. The minimum Gasteiger partial charge on any atom is -0.260 e. The molecule has 92 valence electrons. The SMILES string of the molecule is CCCCCCCCCC[S@@](=O)CCCl. The van der Waals surface area contributed by atoms with E-state index in [9.17, 15) is 4.21 Å². The van der Waals surface area contributed by atoms with Gasteiger partial charge in [-0.3, -0.25) is 4.21 Å². The third-order valence-corrected chi connectivity index (χ3v) is 4.35. The molecule has 0 N–H and O–H groups in total. The van der Waals surface area contributed by atoms with E-state index in [4.69, 9.17) is 11.6 Å². The van der Waals surface area contributed by atoms with Gasteiger partial charge >= 0.3 is 0 Å². The molecule has 0 aromatic rings. The zero-order valence-corrected chi connectivity index (χ0v) is 11.5. The van der Waals surface area contributed by atoms with Gasteiger partial charge in [-0.05, 0) is 6.42 Å². The fourth-order valence-corrected chi connectivity index (χ4v) is 3.00. The van der Waals surface area contributed by atoms with Gasteiger partial charge in [-0.1, -0.05) is 51.9 Å². The topological polar surface area (TPSA) is 17.1 Å². The van der Waals surface area contributed by atoms with Crippen LogP contribution in [0.3, 0.4) is 0 Å². The standard InChI is InChI=1S/C12H25ClOS/c1-2-3-4-5-6-7-8-9-11-15(14)12-10-13/h2-12H2,1H3/t15-/m1/s1. The second kappa shape index (κ2) is 12.5. The van der Waals surface area contributed by atoms with Crippen LogP contribution in [0, 0.1) is 0 Å². The fourth-order valence-electron chi connectivity index (χ4n) is 1.59. The molecule has 0 rings (SSSR count). The van der Waals surface area contributed by atoms with E-state index in [1.165, 1.54) is 44.9 Å². The number of hydrogen-bond acceptors (Lipinski definition) is 1. The Bertz CT molecular complexity index is 151. The summed E-state index contributed by atoms with van der Waals surface area (Å²) in [6, 6.07) is 0. The Morgan fingerprint density at radius 3 is 1.93 bits per heavy atom. The van der Waals surface area contributed by atoms with Crippen LogP contribution < -0.4 is 0 Å². The fraction of sp³-hybridized carbons (Fsp3) is 1.00. The predicted octanol–water partition coefficient (Wildman–Crippen LogP) is 4.11. The van der Waals surface area contributed by atoms with Gasteiger partial charge in [0.1, 0.15) is 0 Å². The second-order valence-corrected chi connectivity index (χ2v) is 6.09. The monoisotopic (exact) mass is 252 g/mol. The predicted molar refractivity (Wildman–Crippen MR) is 71.2 cm³/mol. The molecule has 0 amide bonds. The summed E-state index contributed by atoms with van der Waals surface area (Å²) in [4.78, 5) is 0. The Hall–Kier alpha value is 0.440. The van der Waals surface area contributed by atoms with Gasteiger partial charge < -0.3 is 0 Å². The molecule has 0 spiro atoms. The van der Waals surface area contributed by atoms with Crippen LogP contribution in [-0.4, -0.2) is 21.6 Å². The van der Waals surface area contributed by atoms with Crippen LogP contribution >= 0.6 is 11.6 Å². The molecular weight excluding hydrogens is 228 g/mol. The minimum absolute atomic E-state index is 0.531. The lowest BCUT2D eigenvalue weighted by Crippen LogP contribution is -2.03. The summed E-state index contributed by atoms with van der Waals surface area (Å²) < 4.78 is 11.2. The van der Waals surface area contributed by atoms with Crippen LogP contribution in [0.25, 0.3) is 0 Å². The van der Waals surface area contributed by atoms with Crippen molar-refractivity contribution in [3.63, 3.8) is 0 Å². The Balaban J connectivity index is 3.01. The van der Waals surface area contributed by atoms with E-state index < -0.39 is 10.8 Å². The molecule has 0 saturated carbocycles. The van der Waals surface area contributed by atoms with Gasteiger partial charge in [0, 0.05) is 28.2 Å². The molecule has 1 nitrogen and oxygen atoms in total. The van der Waals surface area contributed by atoms with Crippen molar-refractivity contribution in [3.05, 3.63) is 0 Å². The lowest BCUT2D eigenvalue weighted by molar-refractivity contribution is 0.585. The normalized spacial score (nSPS) is 12.9. The summed E-state index contributed by atoms with van der Waals surface area (Å²) >= 11 is 5.51. The minimum atomic E-state index is -0.662. The maximum Gasteiger partial charge on any atom is 0.0370 e. The molecule has 15 heavy (non-hydrogen) atoms. The van der Waals surface area contributed by atoms with Crippen LogP contribution in [0.4, 0.5) is 0 Å². The maximum absolute atomic E-state index is 11.2. The first-order valence-electron chi connectivity index (χ1n) is 6.22. The van der Waals surface area contributed by atoms with E-state index in [0.29, 0.717) is 11.6 Å². The molecule has 0 aliphatic rings. The van der Waals surface area contributed by atoms with Crippen LogP contribution in [-0.2, 0) is 10.8 Å². The van der Waals surface area contributed by atoms with Crippen molar-refractivity contribution >= 4 is 22.4 Å². The first-order valence-corrected chi connectivity index (χ1v) is 8.24. The van der Waals surface area contributed by atoms with Crippen LogP contribution in [0.1, 0.15) is 58.3 Å². The second-order valence-electron chi connectivity index (χ2n) is 4.01. The Kier molecular flexibility index (Phi) is 12.9. The summed E-state index contributed by atoms with van der Waals surface area (Å²) in [5, 5.41) is 0. The largest absolute Gasteiger partial charge is 0.260 e. The van der Waals surface area contributed by atoms with Gasteiger partial charge in [-0.2, -0.15) is 0 Å². The molecule has 0 aliphatic heterocycles. The van der Waals surface area contributed by atoms with Crippen LogP contribution in [0.2, 0.25) is 0 Å². The Morgan fingerprint density at radius 2 is 1.40 bits per heavy atom. The van der Waals surface area contributed by atoms with Gasteiger partial charge in [0.15, 0.2) is 0 Å². The van der Waals surface area contributed by atoms with Crippen molar-refractivity contribution in [2.24, 2.45) is 0 Å². The molecule has 0 heterocycles. The molecule has 0 bridgehead atoms. The highest BCUT2D eigenvalue weighted by Gasteiger charge is 1.98. The molecule has 0 aromatic carbocycles. The summed E-state index contributed by atoms with van der Waals surface area (Å²) in [6.07, 6.45) is 10.5. The Labute approximate surface area is 102 Å². The molecular formula is C12H25ClOS. The third-order valence-electron chi connectivity index (χ3n) is 2.53. The van der Waals surface area contributed by atoms with Crippen molar-refractivity contribution in [3.8, 4) is 0 Å². The quantitative estimate of drug-likeness (QED) is 0.399. The smallest absolute Gasteiger partial charge is 0.0370 e. The van der Waals surface area contributed by atoms with E-state index in [1.807, 2.05) is 0 Å². The van der Waals surface area contributed by atoms with Gasteiger partial charge in [-0.15, -0.1) is 11.6 Å². The molecule has 0 unspecified atom stereocenters. The summed E-state index contributed by atoms with van der Waals surface area (Å²) in [5.74, 6) is 2.05. The first kappa shape index (κ1) is 15.4. The zero-order chi connectivity index (χ0) is 11.4. The van der Waals surface area contributed by atoms with Gasteiger partial charge in [0.2, 0.25) is 0 Å². The average molecular weight is 253 g/mol. The molecule has 0 radical (unpaired) electrons. The highest BCUT2D eigenvalue weighted by molar-refractivity contribution is 7.85. The number of halogens is 1.